The van der Waals surface area contributed by atoms with Crippen LogP contribution in [-0.2, 0) is 0 Å². The maximum atomic E-state index is 12.9. The van der Waals surface area contributed by atoms with E-state index in [1.165, 1.54) is 0 Å². The summed E-state index contributed by atoms with van der Waals surface area (Å²) >= 11 is 0. The van der Waals surface area contributed by atoms with Crippen molar-refractivity contribution in [3.63, 3.8) is 0 Å². The standard InChI is InChI=1S/C19H27N3O3/c1-10(2)16-15-13(17(23)20-9-19(5,24)11(3)4)8-14(12-6-7-12)21-18(15)25-22-16/h8,10-12,24H,6-7,9H2,1-5H3,(H,20,23). The van der Waals surface area contributed by atoms with Gasteiger partial charge in [-0.2, -0.15) is 0 Å². The molecule has 1 aliphatic carbocycles. The van der Waals surface area contributed by atoms with Gasteiger partial charge >= 0.3 is 0 Å². The van der Waals surface area contributed by atoms with E-state index in [-0.39, 0.29) is 24.3 Å². The van der Waals surface area contributed by atoms with Gasteiger partial charge in [-0.1, -0.05) is 32.9 Å². The molecule has 2 heterocycles. The molecule has 0 saturated heterocycles. The topological polar surface area (TPSA) is 88.2 Å². The van der Waals surface area contributed by atoms with Gasteiger partial charge in [0.1, 0.15) is 0 Å². The van der Waals surface area contributed by atoms with Crippen molar-refractivity contribution >= 4 is 17.0 Å². The van der Waals surface area contributed by atoms with E-state index in [0.29, 0.717) is 22.6 Å². The third kappa shape index (κ3) is 3.54. The number of carbonyl (C=O) groups excluding carboxylic acids is 1. The summed E-state index contributed by atoms with van der Waals surface area (Å²) in [4.78, 5) is 17.4. The van der Waals surface area contributed by atoms with Crippen molar-refractivity contribution in [1.82, 2.24) is 15.5 Å². The first-order valence-electron chi connectivity index (χ1n) is 9.01. The Morgan fingerprint density at radius 3 is 2.64 bits per heavy atom. The molecule has 1 unspecified atom stereocenters. The largest absolute Gasteiger partial charge is 0.388 e. The number of nitrogens with zero attached hydrogens (tertiary/aromatic N) is 2. The van der Waals surface area contributed by atoms with Crippen LogP contribution in [0.1, 0.15) is 81.0 Å². The van der Waals surface area contributed by atoms with Crippen molar-refractivity contribution in [1.29, 1.82) is 0 Å². The molecule has 1 saturated carbocycles. The summed E-state index contributed by atoms with van der Waals surface area (Å²) in [6.07, 6.45) is 2.18. The average molecular weight is 345 g/mol. The highest BCUT2D eigenvalue weighted by Crippen LogP contribution is 2.41. The summed E-state index contributed by atoms with van der Waals surface area (Å²) in [5.41, 5.74) is 1.63. The van der Waals surface area contributed by atoms with Gasteiger partial charge in [0.2, 0.25) is 0 Å². The SMILES string of the molecule is CC(C)c1noc2nc(C3CC3)cc(C(=O)NCC(C)(O)C(C)C)c12. The Balaban J connectivity index is 1.97. The fourth-order valence-corrected chi connectivity index (χ4v) is 2.71. The van der Waals surface area contributed by atoms with Gasteiger partial charge in [0.05, 0.1) is 22.2 Å². The quantitative estimate of drug-likeness (QED) is 0.838. The highest BCUT2D eigenvalue weighted by Gasteiger charge is 2.31. The van der Waals surface area contributed by atoms with Crippen molar-refractivity contribution in [2.45, 2.75) is 64.9 Å². The van der Waals surface area contributed by atoms with Crippen molar-refractivity contribution < 1.29 is 14.4 Å². The molecule has 0 bridgehead atoms. The van der Waals surface area contributed by atoms with Gasteiger partial charge in [-0.05, 0) is 37.7 Å². The molecule has 0 aliphatic heterocycles. The van der Waals surface area contributed by atoms with Crippen LogP contribution in [0.3, 0.4) is 0 Å². The molecule has 1 fully saturated rings. The van der Waals surface area contributed by atoms with Crippen LogP contribution >= 0.6 is 0 Å². The summed E-state index contributed by atoms with van der Waals surface area (Å²) in [6.45, 7) is 9.80. The minimum Gasteiger partial charge on any atom is -0.388 e. The fourth-order valence-electron chi connectivity index (χ4n) is 2.71. The van der Waals surface area contributed by atoms with Crippen molar-refractivity contribution in [2.75, 3.05) is 6.54 Å². The molecular formula is C19H27N3O3. The molecule has 2 aromatic rings. The van der Waals surface area contributed by atoms with Crippen LogP contribution in [0.4, 0.5) is 0 Å². The highest BCUT2D eigenvalue weighted by molar-refractivity contribution is 6.06. The molecule has 25 heavy (non-hydrogen) atoms. The van der Waals surface area contributed by atoms with Gasteiger partial charge in [0.25, 0.3) is 11.6 Å². The normalized spacial score (nSPS) is 17.3. The minimum atomic E-state index is -0.962. The number of fused-ring (bicyclic) bond motifs is 1. The number of aromatic nitrogens is 2. The predicted molar refractivity (Wildman–Crippen MR) is 95.7 cm³/mol. The minimum absolute atomic E-state index is 0.0362. The predicted octanol–water partition coefficient (Wildman–Crippen LogP) is 3.36. The molecule has 0 spiro atoms. The molecule has 0 aromatic carbocycles. The maximum Gasteiger partial charge on any atom is 0.259 e. The smallest absolute Gasteiger partial charge is 0.259 e. The van der Waals surface area contributed by atoms with E-state index in [1.54, 1.807) is 6.92 Å². The third-order valence-electron chi connectivity index (χ3n) is 5.13. The van der Waals surface area contributed by atoms with E-state index < -0.39 is 5.60 Å². The number of pyridine rings is 1. The monoisotopic (exact) mass is 345 g/mol. The molecule has 0 radical (unpaired) electrons. The number of amides is 1. The Hall–Kier alpha value is -1.95. The Morgan fingerprint density at radius 1 is 1.40 bits per heavy atom. The van der Waals surface area contributed by atoms with E-state index in [4.69, 9.17) is 4.52 Å². The van der Waals surface area contributed by atoms with Gasteiger partial charge < -0.3 is 14.9 Å². The lowest BCUT2D eigenvalue weighted by molar-refractivity contribution is 0.0142. The molecule has 3 rings (SSSR count). The summed E-state index contributed by atoms with van der Waals surface area (Å²) < 4.78 is 5.41. The van der Waals surface area contributed by atoms with Crippen LogP contribution in [0.25, 0.3) is 11.1 Å². The summed E-state index contributed by atoms with van der Waals surface area (Å²) in [6, 6.07) is 1.86. The molecule has 1 amide bonds. The van der Waals surface area contributed by atoms with Crippen LogP contribution in [0.15, 0.2) is 10.6 Å². The highest BCUT2D eigenvalue weighted by atomic mass is 16.5. The summed E-state index contributed by atoms with van der Waals surface area (Å²) in [5.74, 6) is 0.344. The zero-order chi connectivity index (χ0) is 18.4. The number of hydrogen-bond donors (Lipinski definition) is 2. The van der Waals surface area contributed by atoms with Crippen LogP contribution in [0.5, 0.6) is 0 Å². The fraction of sp³-hybridized carbons (Fsp3) is 0.632. The Bertz CT molecular complexity index is 789. The van der Waals surface area contributed by atoms with Crippen molar-refractivity contribution in [3.05, 3.63) is 23.0 Å². The lowest BCUT2D eigenvalue weighted by atomic mass is 9.92. The molecule has 136 valence electrons. The number of carbonyl (C=O) groups is 1. The number of rotatable bonds is 6. The third-order valence-corrected chi connectivity index (χ3v) is 5.13. The lowest BCUT2D eigenvalue weighted by Crippen LogP contribution is -2.44. The molecule has 1 atom stereocenters. The molecule has 2 N–H and O–H groups in total. The summed E-state index contributed by atoms with van der Waals surface area (Å²) in [5, 5.41) is 18.1. The van der Waals surface area contributed by atoms with Crippen LogP contribution in [0, 0.1) is 5.92 Å². The second-order valence-corrected chi connectivity index (χ2v) is 7.97. The van der Waals surface area contributed by atoms with Gasteiger partial charge in [-0.15, -0.1) is 0 Å². The molecule has 6 heteroatoms. The maximum absolute atomic E-state index is 12.9. The number of hydrogen-bond acceptors (Lipinski definition) is 5. The Labute approximate surface area is 148 Å². The first-order valence-corrected chi connectivity index (χ1v) is 9.01. The molecular weight excluding hydrogens is 318 g/mol. The lowest BCUT2D eigenvalue weighted by Gasteiger charge is -2.27. The molecule has 2 aromatic heterocycles. The van der Waals surface area contributed by atoms with Crippen LogP contribution in [0.2, 0.25) is 0 Å². The van der Waals surface area contributed by atoms with E-state index >= 15 is 0 Å². The first kappa shape index (κ1) is 17.9. The van der Waals surface area contributed by atoms with Crippen LogP contribution < -0.4 is 5.32 Å². The van der Waals surface area contributed by atoms with E-state index in [9.17, 15) is 9.90 Å². The summed E-state index contributed by atoms with van der Waals surface area (Å²) in [7, 11) is 0. The van der Waals surface area contributed by atoms with Gasteiger partial charge in [0.15, 0.2) is 0 Å². The average Bonchev–Trinajstić information content (AvgIpc) is 3.30. The van der Waals surface area contributed by atoms with Gasteiger partial charge in [-0.3, -0.25) is 4.79 Å². The molecule has 6 nitrogen and oxygen atoms in total. The molecule has 1 aliphatic rings. The Kier molecular flexibility index (Phi) is 4.58. The van der Waals surface area contributed by atoms with E-state index in [2.05, 4.69) is 15.5 Å². The number of aliphatic hydroxyl groups is 1. The van der Waals surface area contributed by atoms with Gasteiger partial charge in [-0.25, -0.2) is 4.98 Å². The van der Waals surface area contributed by atoms with Crippen molar-refractivity contribution in [3.8, 4) is 0 Å². The van der Waals surface area contributed by atoms with E-state index in [0.717, 1.165) is 24.2 Å². The first-order chi connectivity index (χ1) is 11.7. The second-order valence-electron chi connectivity index (χ2n) is 7.97. The Morgan fingerprint density at radius 2 is 2.08 bits per heavy atom. The van der Waals surface area contributed by atoms with Crippen LogP contribution in [-0.4, -0.2) is 33.3 Å². The zero-order valence-electron chi connectivity index (χ0n) is 15.6. The zero-order valence-corrected chi connectivity index (χ0v) is 15.6. The van der Waals surface area contributed by atoms with Gasteiger partial charge in [0, 0.05) is 18.2 Å². The van der Waals surface area contributed by atoms with Crippen molar-refractivity contribution in [2.24, 2.45) is 5.92 Å². The van der Waals surface area contributed by atoms with E-state index in [1.807, 2.05) is 33.8 Å². The second kappa shape index (κ2) is 6.41. The number of nitrogens with one attached hydrogen (secondary N) is 1.